The number of nitrogens with zero attached hydrogens (tertiary/aromatic N) is 1. The van der Waals surface area contributed by atoms with Gasteiger partial charge in [0.05, 0.1) is 5.52 Å². The standard InChI is InChI=1S/C16H18N2O/c1-10-3-4-12-9-13(5-6-15(12)18-10)16(19)14-7-8-17-11(14)2/h3-6,9,11,14,17H,7-8H2,1-2H3. The molecule has 3 nitrogen and oxygen atoms in total. The highest BCUT2D eigenvalue weighted by atomic mass is 16.1. The highest BCUT2D eigenvalue weighted by Gasteiger charge is 2.29. The van der Waals surface area contributed by atoms with Crippen LogP contribution < -0.4 is 5.32 Å². The number of fused-ring (bicyclic) bond motifs is 1. The van der Waals surface area contributed by atoms with Gasteiger partial charge in [-0.3, -0.25) is 9.78 Å². The number of hydrogen-bond donors (Lipinski definition) is 1. The van der Waals surface area contributed by atoms with Crippen molar-refractivity contribution in [1.29, 1.82) is 0 Å². The van der Waals surface area contributed by atoms with E-state index in [1.54, 1.807) is 0 Å². The lowest BCUT2D eigenvalue weighted by Gasteiger charge is -2.14. The summed E-state index contributed by atoms with van der Waals surface area (Å²) in [5.74, 6) is 0.357. The molecule has 0 aliphatic carbocycles. The predicted molar refractivity (Wildman–Crippen MR) is 76.4 cm³/mol. The van der Waals surface area contributed by atoms with Crippen LogP contribution in [0, 0.1) is 12.8 Å². The van der Waals surface area contributed by atoms with Crippen molar-refractivity contribution in [2.24, 2.45) is 5.92 Å². The zero-order valence-electron chi connectivity index (χ0n) is 11.3. The average Bonchev–Trinajstić information content (AvgIpc) is 2.83. The number of carbonyl (C=O) groups is 1. The summed E-state index contributed by atoms with van der Waals surface area (Å²) in [6.07, 6.45) is 0.935. The van der Waals surface area contributed by atoms with Crippen molar-refractivity contribution >= 4 is 16.7 Å². The second kappa shape index (κ2) is 4.74. The Morgan fingerprint density at radius 3 is 2.89 bits per heavy atom. The average molecular weight is 254 g/mol. The van der Waals surface area contributed by atoms with E-state index >= 15 is 0 Å². The Balaban J connectivity index is 1.97. The first-order valence-electron chi connectivity index (χ1n) is 6.80. The number of ketones is 1. The van der Waals surface area contributed by atoms with Crippen LogP contribution in [0.1, 0.15) is 29.4 Å². The topological polar surface area (TPSA) is 42.0 Å². The van der Waals surface area contributed by atoms with Gasteiger partial charge in [-0.1, -0.05) is 6.07 Å². The molecule has 0 amide bonds. The van der Waals surface area contributed by atoms with E-state index in [0.717, 1.165) is 35.1 Å². The van der Waals surface area contributed by atoms with Gasteiger partial charge in [0.15, 0.2) is 5.78 Å². The van der Waals surface area contributed by atoms with Crippen LogP contribution in [0.3, 0.4) is 0 Å². The summed E-state index contributed by atoms with van der Waals surface area (Å²) in [4.78, 5) is 17.0. The van der Waals surface area contributed by atoms with E-state index in [9.17, 15) is 4.79 Å². The summed E-state index contributed by atoms with van der Waals surface area (Å²) in [6, 6.07) is 10.1. The van der Waals surface area contributed by atoms with Crippen molar-refractivity contribution < 1.29 is 4.79 Å². The molecule has 19 heavy (non-hydrogen) atoms. The van der Waals surface area contributed by atoms with Crippen molar-refractivity contribution in [3.05, 3.63) is 41.6 Å². The van der Waals surface area contributed by atoms with E-state index in [1.807, 2.05) is 37.3 Å². The van der Waals surface area contributed by atoms with Crippen LogP contribution in [0.15, 0.2) is 30.3 Å². The minimum atomic E-state index is 0.107. The number of pyridine rings is 1. The second-order valence-electron chi connectivity index (χ2n) is 5.36. The van der Waals surface area contributed by atoms with Gasteiger partial charge in [-0.05, 0) is 51.1 Å². The Morgan fingerprint density at radius 2 is 2.16 bits per heavy atom. The lowest BCUT2D eigenvalue weighted by Crippen LogP contribution is -2.28. The van der Waals surface area contributed by atoms with Crippen LogP contribution in [0.5, 0.6) is 0 Å². The van der Waals surface area contributed by atoms with Gasteiger partial charge in [0.2, 0.25) is 0 Å². The predicted octanol–water partition coefficient (Wildman–Crippen LogP) is 2.72. The third kappa shape index (κ3) is 2.26. The smallest absolute Gasteiger partial charge is 0.167 e. The van der Waals surface area contributed by atoms with Gasteiger partial charge in [0.1, 0.15) is 0 Å². The van der Waals surface area contributed by atoms with Crippen LogP contribution in [-0.2, 0) is 0 Å². The molecule has 3 heteroatoms. The molecule has 1 aliphatic rings. The number of rotatable bonds is 2. The number of aryl methyl sites for hydroxylation is 1. The summed E-state index contributed by atoms with van der Waals surface area (Å²) >= 11 is 0. The molecule has 1 N–H and O–H groups in total. The summed E-state index contributed by atoms with van der Waals surface area (Å²) in [5, 5.41) is 4.37. The Kier molecular flexibility index (Phi) is 3.07. The third-order valence-corrected chi connectivity index (χ3v) is 3.97. The zero-order chi connectivity index (χ0) is 13.4. The quantitative estimate of drug-likeness (QED) is 0.838. The summed E-state index contributed by atoms with van der Waals surface area (Å²) in [7, 11) is 0. The molecule has 3 rings (SSSR count). The molecule has 2 aromatic rings. The Bertz CT molecular complexity index is 636. The van der Waals surface area contributed by atoms with Gasteiger partial charge >= 0.3 is 0 Å². The Hall–Kier alpha value is -1.74. The fourth-order valence-corrected chi connectivity index (χ4v) is 2.81. The number of Topliss-reactive ketones (excluding diaryl/α,β-unsaturated/α-hetero) is 1. The molecule has 1 aromatic heterocycles. The normalized spacial score (nSPS) is 22.8. The van der Waals surface area contributed by atoms with Crippen molar-refractivity contribution in [3.63, 3.8) is 0 Å². The minimum Gasteiger partial charge on any atom is -0.313 e. The summed E-state index contributed by atoms with van der Waals surface area (Å²) in [5.41, 5.74) is 2.76. The monoisotopic (exact) mass is 254 g/mol. The zero-order valence-corrected chi connectivity index (χ0v) is 11.3. The van der Waals surface area contributed by atoms with E-state index in [0.29, 0.717) is 0 Å². The minimum absolute atomic E-state index is 0.107. The van der Waals surface area contributed by atoms with E-state index < -0.39 is 0 Å². The molecule has 0 saturated carbocycles. The summed E-state index contributed by atoms with van der Waals surface area (Å²) < 4.78 is 0. The molecule has 1 aliphatic heterocycles. The Morgan fingerprint density at radius 1 is 1.32 bits per heavy atom. The van der Waals surface area contributed by atoms with E-state index in [4.69, 9.17) is 0 Å². The third-order valence-electron chi connectivity index (χ3n) is 3.97. The van der Waals surface area contributed by atoms with Gasteiger partial charge in [0.25, 0.3) is 0 Å². The van der Waals surface area contributed by atoms with Gasteiger partial charge < -0.3 is 5.32 Å². The van der Waals surface area contributed by atoms with E-state index in [2.05, 4.69) is 17.2 Å². The second-order valence-corrected chi connectivity index (χ2v) is 5.36. The van der Waals surface area contributed by atoms with Crippen LogP contribution in [0.4, 0.5) is 0 Å². The molecular weight excluding hydrogens is 236 g/mol. The van der Waals surface area contributed by atoms with Crippen LogP contribution in [0.2, 0.25) is 0 Å². The first-order valence-corrected chi connectivity index (χ1v) is 6.80. The fourth-order valence-electron chi connectivity index (χ4n) is 2.81. The molecule has 1 saturated heterocycles. The highest BCUT2D eigenvalue weighted by Crippen LogP contribution is 2.23. The molecule has 2 atom stereocenters. The van der Waals surface area contributed by atoms with Gasteiger partial charge in [0, 0.05) is 28.6 Å². The number of nitrogens with one attached hydrogen (secondary N) is 1. The maximum atomic E-state index is 12.5. The SMILES string of the molecule is Cc1ccc2cc(C(=O)C3CCNC3C)ccc2n1. The maximum Gasteiger partial charge on any atom is 0.167 e. The lowest BCUT2D eigenvalue weighted by molar-refractivity contribution is 0.0914. The molecule has 1 aromatic carbocycles. The van der Waals surface area contributed by atoms with Crippen molar-refractivity contribution in [2.75, 3.05) is 6.54 Å². The highest BCUT2D eigenvalue weighted by molar-refractivity contribution is 6.01. The molecule has 0 spiro atoms. The van der Waals surface area contributed by atoms with Gasteiger partial charge in [-0.25, -0.2) is 0 Å². The van der Waals surface area contributed by atoms with Crippen molar-refractivity contribution in [2.45, 2.75) is 26.3 Å². The number of carbonyl (C=O) groups excluding carboxylic acids is 1. The number of hydrogen-bond acceptors (Lipinski definition) is 3. The number of benzene rings is 1. The van der Waals surface area contributed by atoms with Crippen LogP contribution in [0.25, 0.3) is 10.9 Å². The lowest BCUT2D eigenvalue weighted by atomic mass is 9.91. The van der Waals surface area contributed by atoms with Gasteiger partial charge in [-0.2, -0.15) is 0 Å². The van der Waals surface area contributed by atoms with Crippen LogP contribution in [-0.4, -0.2) is 23.4 Å². The molecule has 2 unspecified atom stereocenters. The van der Waals surface area contributed by atoms with E-state index in [-0.39, 0.29) is 17.7 Å². The van der Waals surface area contributed by atoms with Gasteiger partial charge in [-0.15, -0.1) is 0 Å². The van der Waals surface area contributed by atoms with Crippen molar-refractivity contribution in [3.8, 4) is 0 Å². The fraction of sp³-hybridized carbons (Fsp3) is 0.375. The molecule has 0 radical (unpaired) electrons. The largest absolute Gasteiger partial charge is 0.313 e. The molecule has 2 heterocycles. The first-order chi connectivity index (χ1) is 9.15. The summed E-state index contributed by atoms with van der Waals surface area (Å²) in [6.45, 7) is 5.00. The van der Waals surface area contributed by atoms with Crippen LogP contribution >= 0.6 is 0 Å². The molecular formula is C16H18N2O. The molecule has 0 bridgehead atoms. The maximum absolute atomic E-state index is 12.5. The van der Waals surface area contributed by atoms with E-state index in [1.165, 1.54) is 0 Å². The van der Waals surface area contributed by atoms with Crippen molar-refractivity contribution in [1.82, 2.24) is 10.3 Å². The molecule has 98 valence electrons. The number of aromatic nitrogens is 1. The Labute approximate surface area is 113 Å². The molecule has 1 fully saturated rings. The first kappa shape index (κ1) is 12.3.